The van der Waals surface area contributed by atoms with Crippen LogP contribution in [0.4, 0.5) is 5.69 Å². The molecule has 7 nitrogen and oxygen atoms in total. The normalized spacial score (nSPS) is 16.0. The number of nitrogens with one attached hydrogen (secondary N) is 1. The Morgan fingerprint density at radius 1 is 1.14 bits per heavy atom. The molecule has 154 valence electrons. The molecule has 1 N–H and O–H groups in total. The zero-order valence-corrected chi connectivity index (χ0v) is 17.3. The SMILES string of the molecule is COc1ccc(CCNC(=O)CN2C(=O)CC[S@](=O)c3ccccc32)cc1OC. The molecule has 2 amide bonds. The van der Waals surface area contributed by atoms with E-state index < -0.39 is 10.8 Å². The second-order valence-electron chi connectivity index (χ2n) is 6.54. The van der Waals surface area contributed by atoms with Gasteiger partial charge in [0.05, 0.1) is 35.6 Å². The number of amides is 2. The third-order valence-corrected chi connectivity index (χ3v) is 6.10. The van der Waals surface area contributed by atoms with Crippen LogP contribution in [0.15, 0.2) is 47.4 Å². The fraction of sp³-hybridized carbons (Fsp3) is 0.333. The third-order valence-electron chi connectivity index (χ3n) is 4.69. The van der Waals surface area contributed by atoms with Crippen molar-refractivity contribution in [3.8, 4) is 11.5 Å². The number of nitrogens with zero attached hydrogens (tertiary/aromatic N) is 1. The van der Waals surface area contributed by atoms with Crippen LogP contribution in [0, 0.1) is 0 Å². The van der Waals surface area contributed by atoms with Crippen molar-refractivity contribution in [1.29, 1.82) is 0 Å². The molecule has 0 saturated carbocycles. The first-order chi connectivity index (χ1) is 14.0. The van der Waals surface area contributed by atoms with Crippen molar-refractivity contribution in [3.05, 3.63) is 48.0 Å². The van der Waals surface area contributed by atoms with Crippen molar-refractivity contribution in [2.45, 2.75) is 17.7 Å². The van der Waals surface area contributed by atoms with Gasteiger partial charge in [0.15, 0.2) is 11.5 Å². The van der Waals surface area contributed by atoms with Crippen LogP contribution >= 0.6 is 0 Å². The van der Waals surface area contributed by atoms with Gasteiger partial charge in [0.2, 0.25) is 11.8 Å². The second kappa shape index (κ2) is 9.56. The lowest BCUT2D eigenvalue weighted by atomic mass is 10.1. The molecule has 0 aromatic heterocycles. The van der Waals surface area contributed by atoms with Crippen LogP contribution in [0.3, 0.4) is 0 Å². The summed E-state index contributed by atoms with van der Waals surface area (Å²) in [6, 6.07) is 12.6. The van der Waals surface area contributed by atoms with E-state index in [1.165, 1.54) is 4.90 Å². The van der Waals surface area contributed by atoms with E-state index in [1.807, 2.05) is 18.2 Å². The summed E-state index contributed by atoms with van der Waals surface area (Å²) in [6.45, 7) is 0.322. The van der Waals surface area contributed by atoms with E-state index in [-0.39, 0.29) is 30.5 Å². The summed E-state index contributed by atoms with van der Waals surface area (Å²) in [6.07, 6.45) is 0.765. The number of methoxy groups -OCH3 is 2. The zero-order chi connectivity index (χ0) is 20.8. The standard InChI is InChI=1S/C21H24N2O5S/c1-27-17-8-7-15(13-18(17)28-2)9-11-22-20(24)14-23-16-5-3-4-6-19(16)29(26)12-10-21(23)25/h3-8,13H,9-12,14H2,1-2H3,(H,22,24)/t29-/m0/s1. The fourth-order valence-electron chi connectivity index (χ4n) is 3.19. The first-order valence-electron chi connectivity index (χ1n) is 9.29. The molecule has 1 atom stereocenters. The van der Waals surface area contributed by atoms with Crippen LogP contribution < -0.4 is 19.7 Å². The highest BCUT2D eigenvalue weighted by Crippen LogP contribution is 2.28. The molecule has 0 bridgehead atoms. The molecule has 0 saturated heterocycles. The number of benzene rings is 2. The number of carbonyl (C=O) groups is 2. The highest BCUT2D eigenvalue weighted by molar-refractivity contribution is 7.85. The Hall–Kier alpha value is -2.87. The Labute approximate surface area is 172 Å². The van der Waals surface area contributed by atoms with Gasteiger partial charge < -0.3 is 19.7 Å². The quantitative estimate of drug-likeness (QED) is 0.745. The molecule has 1 heterocycles. The zero-order valence-electron chi connectivity index (χ0n) is 16.5. The summed E-state index contributed by atoms with van der Waals surface area (Å²) in [5.74, 6) is 1.10. The molecule has 1 aliphatic heterocycles. The van der Waals surface area contributed by atoms with Gasteiger partial charge in [-0.25, -0.2) is 0 Å². The molecular formula is C21H24N2O5S. The molecule has 0 fully saturated rings. The lowest BCUT2D eigenvalue weighted by Crippen LogP contribution is -2.41. The maximum absolute atomic E-state index is 12.5. The predicted octanol–water partition coefficient (Wildman–Crippen LogP) is 1.91. The van der Waals surface area contributed by atoms with E-state index in [0.717, 1.165) is 5.56 Å². The molecule has 29 heavy (non-hydrogen) atoms. The van der Waals surface area contributed by atoms with E-state index in [9.17, 15) is 13.8 Å². The van der Waals surface area contributed by atoms with Crippen LogP contribution in [0.5, 0.6) is 11.5 Å². The van der Waals surface area contributed by atoms with Crippen LogP contribution in [-0.4, -0.2) is 49.1 Å². The number of hydrogen-bond donors (Lipinski definition) is 1. The number of carbonyl (C=O) groups excluding carboxylic acids is 2. The molecular weight excluding hydrogens is 392 g/mol. The van der Waals surface area contributed by atoms with Gasteiger partial charge in [-0.3, -0.25) is 13.8 Å². The van der Waals surface area contributed by atoms with Gasteiger partial charge in [-0.2, -0.15) is 0 Å². The third kappa shape index (κ3) is 4.95. The molecule has 8 heteroatoms. The van der Waals surface area contributed by atoms with Crippen molar-refractivity contribution in [3.63, 3.8) is 0 Å². The summed E-state index contributed by atoms with van der Waals surface area (Å²) < 4.78 is 22.8. The van der Waals surface area contributed by atoms with E-state index in [0.29, 0.717) is 35.0 Å². The van der Waals surface area contributed by atoms with Gasteiger partial charge in [-0.05, 0) is 36.2 Å². The van der Waals surface area contributed by atoms with E-state index in [4.69, 9.17) is 9.47 Å². The number of para-hydroxylation sites is 1. The van der Waals surface area contributed by atoms with Crippen molar-refractivity contribution >= 4 is 28.3 Å². The molecule has 2 aromatic rings. The summed E-state index contributed by atoms with van der Waals surface area (Å²) >= 11 is 0. The first kappa shape index (κ1) is 20.9. The maximum atomic E-state index is 12.5. The molecule has 0 aliphatic carbocycles. The van der Waals surface area contributed by atoms with Gasteiger partial charge in [-0.15, -0.1) is 0 Å². The number of fused-ring (bicyclic) bond motifs is 1. The molecule has 1 aliphatic rings. The Morgan fingerprint density at radius 3 is 2.66 bits per heavy atom. The van der Waals surface area contributed by atoms with E-state index >= 15 is 0 Å². The van der Waals surface area contributed by atoms with Crippen molar-refractivity contribution in [1.82, 2.24) is 5.32 Å². The molecule has 2 aromatic carbocycles. The predicted molar refractivity (Wildman–Crippen MR) is 111 cm³/mol. The topological polar surface area (TPSA) is 84.9 Å². The minimum absolute atomic E-state index is 0.0982. The van der Waals surface area contributed by atoms with Gasteiger partial charge in [0.25, 0.3) is 0 Å². The summed E-state index contributed by atoms with van der Waals surface area (Å²) in [5, 5.41) is 2.85. The first-order valence-corrected chi connectivity index (χ1v) is 10.6. The Bertz CT molecular complexity index is 931. The van der Waals surface area contributed by atoms with E-state index in [1.54, 1.807) is 38.5 Å². The number of ether oxygens (including phenoxy) is 2. The van der Waals surface area contributed by atoms with Gasteiger partial charge in [-0.1, -0.05) is 18.2 Å². The van der Waals surface area contributed by atoms with Crippen molar-refractivity contribution in [2.75, 3.05) is 38.0 Å². The Morgan fingerprint density at radius 2 is 1.90 bits per heavy atom. The number of rotatable bonds is 7. The largest absolute Gasteiger partial charge is 0.493 e. The van der Waals surface area contributed by atoms with Gasteiger partial charge in [0, 0.05) is 18.7 Å². The highest BCUT2D eigenvalue weighted by Gasteiger charge is 2.27. The summed E-state index contributed by atoms with van der Waals surface area (Å²) in [5.41, 5.74) is 1.54. The Balaban J connectivity index is 1.61. The number of hydrogen-bond acceptors (Lipinski definition) is 5. The van der Waals surface area contributed by atoms with Gasteiger partial charge in [0.1, 0.15) is 6.54 Å². The Kier molecular flexibility index (Phi) is 6.87. The van der Waals surface area contributed by atoms with Crippen LogP contribution in [0.2, 0.25) is 0 Å². The maximum Gasteiger partial charge on any atom is 0.240 e. The number of anilines is 1. The average Bonchev–Trinajstić information content (AvgIpc) is 2.86. The van der Waals surface area contributed by atoms with Crippen LogP contribution in [0.1, 0.15) is 12.0 Å². The van der Waals surface area contributed by atoms with E-state index in [2.05, 4.69) is 5.32 Å². The summed E-state index contributed by atoms with van der Waals surface area (Å²) in [7, 11) is 1.91. The molecule has 0 spiro atoms. The lowest BCUT2D eigenvalue weighted by molar-refractivity contribution is -0.123. The molecule has 0 radical (unpaired) electrons. The highest BCUT2D eigenvalue weighted by atomic mass is 32.2. The monoisotopic (exact) mass is 416 g/mol. The average molecular weight is 416 g/mol. The summed E-state index contributed by atoms with van der Waals surface area (Å²) in [4.78, 5) is 26.9. The lowest BCUT2D eigenvalue weighted by Gasteiger charge is -2.22. The minimum atomic E-state index is -1.24. The van der Waals surface area contributed by atoms with Crippen LogP contribution in [-0.2, 0) is 26.8 Å². The minimum Gasteiger partial charge on any atom is -0.493 e. The van der Waals surface area contributed by atoms with Crippen molar-refractivity contribution < 1.29 is 23.3 Å². The van der Waals surface area contributed by atoms with Crippen LogP contribution in [0.25, 0.3) is 0 Å². The fourth-order valence-corrected chi connectivity index (χ4v) is 4.41. The van der Waals surface area contributed by atoms with Gasteiger partial charge >= 0.3 is 0 Å². The molecule has 3 rings (SSSR count). The van der Waals surface area contributed by atoms with Crippen molar-refractivity contribution in [2.24, 2.45) is 0 Å². The smallest absolute Gasteiger partial charge is 0.240 e. The second-order valence-corrected chi connectivity index (χ2v) is 8.08. The molecule has 0 unspecified atom stereocenters.